The molecule has 0 aromatic carbocycles. The molecule has 1 heterocycles. The van der Waals surface area contributed by atoms with E-state index in [-0.39, 0.29) is 18.2 Å². The third-order valence-corrected chi connectivity index (χ3v) is 2.52. The summed E-state index contributed by atoms with van der Waals surface area (Å²) in [6, 6.07) is 0.317. The van der Waals surface area contributed by atoms with Crippen molar-refractivity contribution in [1.29, 1.82) is 0 Å². The van der Waals surface area contributed by atoms with Crippen LogP contribution in [0.2, 0.25) is 0 Å². The summed E-state index contributed by atoms with van der Waals surface area (Å²) in [5, 5.41) is 3.25. The van der Waals surface area contributed by atoms with Crippen LogP contribution in [-0.4, -0.2) is 61.4 Å². The normalized spacial score (nSPS) is 21.3. The van der Waals surface area contributed by atoms with Crippen LogP contribution in [0.1, 0.15) is 13.3 Å². The van der Waals surface area contributed by atoms with Gasteiger partial charge in [-0.3, -0.25) is 9.59 Å². The third-order valence-electron chi connectivity index (χ3n) is 2.52. The van der Waals surface area contributed by atoms with Gasteiger partial charge in [-0.05, 0) is 6.92 Å². The number of amides is 2. The van der Waals surface area contributed by atoms with Crippen molar-refractivity contribution in [3.05, 3.63) is 0 Å². The topological polar surface area (TPSA) is 52.7 Å². The molecule has 1 N–H and O–H groups in total. The van der Waals surface area contributed by atoms with Crippen molar-refractivity contribution in [2.24, 2.45) is 0 Å². The summed E-state index contributed by atoms with van der Waals surface area (Å²) < 4.78 is 0. The fraction of sp³-hybridized carbons (Fsp3) is 0.800. The first-order valence-electron chi connectivity index (χ1n) is 5.22. The number of nitrogens with one attached hydrogen (secondary N) is 1. The van der Waals surface area contributed by atoms with Gasteiger partial charge in [0.1, 0.15) is 6.42 Å². The first kappa shape index (κ1) is 12.0. The molecule has 0 radical (unpaired) electrons. The molecular weight excluding hydrogens is 194 g/mol. The second-order valence-corrected chi connectivity index (χ2v) is 4.16. The van der Waals surface area contributed by atoms with Crippen LogP contribution in [0.4, 0.5) is 0 Å². The molecular formula is C10H19N3O2. The molecule has 1 aliphatic rings. The Hall–Kier alpha value is -1.10. The Bertz CT molecular complexity index is 253. The highest BCUT2D eigenvalue weighted by molar-refractivity contribution is 5.96. The summed E-state index contributed by atoms with van der Waals surface area (Å²) in [5.41, 5.74) is 0. The predicted octanol–water partition coefficient (Wildman–Crippen LogP) is -0.715. The highest BCUT2D eigenvalue weighted by Gasteiger charge is 2.22. The minimum atomic E-state index is -0.133. The molecule has 1 atom stereocenters. The van der Waals surface area contributed by atoms with Crippen LogP contribution in [-0.2, 0) is 9.59 Å². The van der Waals surface area contributed by atoms with Gasteiger partial charge in [-0.2, -0.15) is 0 Å². The van der Waals surface area contributed by atoms with Gasteiger partial charge in [-0.25, -0.2) is 0 Å². The maximum absolute atomic E-state index is 11.7. The maximum atomic E-state index is 11.7. The molecule has 0 unspecified atom stereocenters. The van der Waals surface area contributed by atoms with Crippen LogP contribution in [0.3, 0.4) is 0 Å². The minimum absolute atomic E-state index is 0.0142. The van der Waals surface area contributed by atoms with E-state index >= 15 is 0 Å². The molecule has 0 aromatic heterocycles. The third kappa shape index (κ3) is 3.51. The van der Waals surface area contributed by atoms with Gasteiger partial charge in [0.2, 0.25) is 11.8 Å². The lowest BCUT2D eigenvalue weighted by Crippen LogP contribution is -2.52. The molecule has 0 spiro atoms. The molecule has 0 aliphatic carbocycles. The van der Waals surface area contributed by atoms with Crippen LogP contribution >= 0.6 is 0 Å². The average Bonchev–Trinajstić information content (AvgIpc) is 2.17. The molecule has 0 saturated carbocycles. The van der Waals surface area contributed by atoms with Gasteiger partial charge in [0.15, 0.2) is 0 Å². The van der Waals surface area contributed by atoms with Gasteiger partial charge >= 0.3 is 0 Å². The van der Waals surface area contributed by atoms with E-state index in [4.69, 9.17) is 0 Å². The fourth-order valence-electron chi connectivity index (χ4n) is 1.56. The number of carbonyl (C=O) groups is 2. The van der Waals surface area contributed by atoms with Crippen molar-refractivity contribution in [3.63, 3.8) is 0 Å². The molecule has 2 amide bonds. The lowest BCUT2D eigenvalue weighted by Gasteiger charge is -2.32. The zero-order valence-electron chi connectivity index (χ0n) is 9.62. The zero-order valence-corrected chi connectivity index (χ0v) is 9.62. The predicted molar refractivity (Wildman–Crippen MR) is 57.4 cm³/mol. The number of carbonyl (C=O) groups excluding carboxylic acids is 2. The molecule has 1 fully saturated rings. The summed E-state index contributed by atoms with van der Waals surface area (Å²) in [7, 11) is 3.33. The molecule has 0 bridgehead atoms. The quantitative estimate of drug-likeness (QED) is 0.616. The van der Waals surface area contributed by atoms with Crippen molar-refractivity contribution in [2.45, 2.75) is 19.4 Å². The van der Waals surface area contributed by atoms with E-state index < -0.39 is 0 Å². The van der Waals surface area contributed by atoms with Gasteiger partial charge in [0.05, 0.1) is 0 Å². The van der Waals surface area contributed by atoms with E-state index in [0.29, 0.717) is 19.1 Å². The Morgan fingerprint density at radius 3 is 2.67 bits per heavy atom. The molecule has 5 nitrogen and oxygen atoms in total. The summed E-state index contributed by atoms with van der Waals surface area (Å²) in [6.07, 6.45) is -0.0142. The Kier molecular flexibility index (Phi) is 4.08. The van der Waals surface area contributed by atoms with Crippen LogP contribution in [0.15, 0.2) is 0 Å². The smallest absolute Gasteiger partial charge is 0.232 e. The summed E-state index contributed by atoms with van der Waals surface area (Å²) in [5.74, 6) is -0.201. The van der Waals surface area contributed by atoms with E-state index in [0.717, 1.165) is 6.54 Å². The van der Waals surface area contributed by atoms with Crippen LogP contribution < -0.4 is 5.32 Å². The van der Waals surface area contributed by atoms with Gasteiger partial charge in [-0.15, -0.1) is 0 Å². The zero-order chi connectivity index (χ0) is 11.4. The highest BCUT2D eigenvalue weighted by atomic mass is 16.2. The highest BCUT2D eigenvalue weighted by Crippen LogP contribution is 2.02. The van der Waals surface area contributed by atoms with E-state index in [1.54, 1.807) is 19.0 Å². The molecule has 0 aromatic rings. The maximum Gasteiger partial charge on any atom is 0.232 e. The molecule has 1 saturated heterocycles. The molecule has 15 heavy (non-hydrogen) atoms. The van der Waals surface area contributed by atoms with Crippen LogP contribution in [0.25, 0.3) is 0 Å². The number of hydrogen-bond donors (Lipinski definition) is 1. The van der Waals surface area contributed by atoms with Gasteiger partial charge < -0.3 is 15.1 Å². The summed E-state index contributed by atoms with van der Waals surface area (Å²) >= 11 is 0. The lowest BCUT2D eigenvalue weighted by atomic mass is 10.2. The second-order valence-electron chi connectivity index (χ2n) is 4.16. The summed E-state index contributed by atoms with van der Waals surface area (Å²) in [4.78, 5) is 26.2. The number of rotatable bonds is 2. The van der Waals surface area contributed by atoms with Crippen molar-refractivity contribution in [1.82, 2.24) is 15.1 Å². The Morgan fingerprint density at radius 1 is 1.47 bits per heavy atom. The molecule has 1 aliphatic heterocycles. The van der Waals surface area contributed by atoms with E-state index in [9.17, 15) is 9.59 Å². The Labute approximate surface area is 90.4 Å². The number of nitrogens with zero attached hydrogens (tertiary/aromatic N) is 2. The first-order chi connectivity index (χ1) is 7.00. The second kappa shape index (κ2) is 5.11. The van der Waals surface area contributed by atoms with Gasteiger partial charge in [0.25, 0.3) is 0 Å². The number of hydrogen-bond acceptors (Lipinski definition) is 3. The van der Waals surface area contributed by atoms with Crippen molar-refractivity contribution < 1.29 is 9.59 Å². The minimum Gasteiger partial charge on any atom is -0.348 e. The van der Waals surface area contributed by atoms with Crippen molar-refractivity contribution in [2.75, 3.05) is 33.7 Å². The SMILES string of the molecule is C[C@H]1CN(C(=O)CC(=O)N(C)C)CCN1. The molecule has 5 heteroatoms. The Balaban J connectivity index is 2.42. The van der Waals surface area contributed by atoms with Crippen molar-refractivity contribution >= 4 is 11.8 Å². The Morgan fingerprint density at radius 2 is 2.13 bits per heavy atom. The van der Waals surface area contributed by atoms with Gasteiger partial charge in [0, 0.05) is 39.8 Å². The van der Waals surface area contributed by atoms with Crippen molar-refractivity contribution in [3.8, 4) is 0 Å². The fourth-order valence-corrected chi connectivity index (χ4v) is 1.56. The largest absolute Gasteiger partial charge is 0.348 e. The van der Waals surface area contributed by atoms with Gasteiger partial charge in [-0.1, -0.05) is 0 Å². The molecule has 86 valence electrons. The monoisotopic (exact) mass is 213 g/mol. The van der Waals surface area contributed by atoms with E-state index in [1.165, 1.54) is 4.90 Å². The van der Waals surface area contributed by atoms with E-state index in [1.807, 2.05) is 6.92 Å². The van der Waals surface area contributed by atoms with E-state index in [2.05, 4.69) is 5.32 Å². The first-order valence-corrected chi connectivity index (χ1v) is 5.22. The number of piperazine rings is 1. The average molecular weight is 213 g/mol. The standard InChI is InChI=1S/C10H19N3O2/c1-8-7-13(5-4-11-8)10(15)6-9(14)12(2)3/h8,11H,4-7H2,1-3H3/t8-/m0/s1. The van der Waals surface area contributed by atoms with Crippen LogP contribution in [0, 0.1) is 0 Å². The van der Waals surface area contributed by atoms with Crippen LogP contribution in [0.5, 0.6) is 0 Å². The molecule has 1 rings (SSSR count). The lowest BCUT2D eigenvalue weighted by molar-refractivity contribution is -0.140. The summed E-state index contributed by atoms with van der Waals surface area (Å²) in [6.45, 7) is 4.24.